The second-order valence-corrected chi connectivity index (χ2v) is 4.12. The van der Waals surface area contributed by atoms with Crippen LogP contribution in [0.15, 0.2) is 0 Å². The molecule has 76 valence electrons. The number of piperidine rings is 1. The first-order valence-electron chi connectivity index (χ1n) is 5.37. The summed E-state index contributed by atoms with van der Waals surface area (Å²) in [4.78, 5) is 2.61. The van der Waals surface area contributed by atoms with Crippen molar-refractivity contribution in [3.05, 3.63) is 0 Å². The second kappa shape index (κ2) is 4.40. The number of nitrogens with zero attached hydrogens (tertiary/aromatic N) is 1. The molecule has 0 aromatic heterocycles. The standard InChI is InChI=1S/C10H20N2O/c1-13-10-4-7-12(8-10)9-2-5-11-6-3-9/h9-11H,2-8H2,1H3/t10-/m0/s1. The summed E-state index contributed by atoms with van der Waals surface area (Å²) >= 11 is 0. The minimum atomic E-state index is 0.495. The van der Waals surface area contributed by atoms with Crippen LogP contribution in [0.4, 0.5) is 0 Å². The minimum absolute atomic E-state index is 0.495. The molecule has 0 bridgehead atoms. The Morgan fingerprint density at radius 3 is 2.62 bits per heavy atom. The Labute approximate surface area is 80.4 Å². The molecule has 0 aromatic carbocycles. The Hall–Kier alpha value is -0.120. The molecule has 2 rings (SSSR count). The first-order chi connectivity index (χ1) is 6.40. The molecular weight excluding hydrogens is 164 g/mol. The van der Waals surface area contributed by atoms with Gasteiger partial charge in [0.2, 0.25) is 0 Å². The number of nitrogens with one attached hydrogen (secondary N) is 1. The summed E-state index contributed by atoms with van der Waals surface area (Å²) < 4.78 is 5.37. The van der Waals surface area contributed by atoms with Gasteiger partial charge in [0.25, 0.3) is 0 Å². The van der Waals surface area contributed by atoms with Crippen LogP contribution >= 0.6 is 0 Å². The highest BCUT2D eigenvalue weighted by Gasteiger charge is 2.28. The van der Waals surface area contributed by atoms with E-state index < -0.39 is 0 Å². The number of ether oxygens (including phenoxy) is 1. The van der Waals surface area contributed by atoms with Gasteiger partial charge in [-0.15, -0.1) is 0 Å². The molecule has 2 aliphatic heterocycles. The van der Waals surface area contributed by atoms with E-state index in [1.54, 1.807) is 0 Å². The highest BCUT2D eigenvalue weighted by Crippen LogP contribution is 2.19. The van der Waals surface area contributed by atoms with Gasteiger partial charge in [-0.2, -0.15) is 0 Å². The van der Waals surface area contributed by atoms with Crippen molar-refractivity contribution >= 4 is 0 Å². The van der Waals surface area contributed by atoms with E-state index in [0.717, 1.165) is 12.6 Å². The maximum absolute atomic E-state index is 5.37. The van der Waals surface area contributed by atoms with Gasteiger partial charge in [-0.3, -0.25) is 4.90 Å². The maximum Gasteiger partial charge on any atom is 0.0710 e. The molecule has 1 N–H and O–H groups in total. The normalized spacial score (nSPS) is 32.5. The molecule has 0 unspecified atom stereocenters. The van der Waals surface area contributed by atoms with Crippen LogP contribution < -0.4 is 5.32 Å². The third-order valence-electron chi connectivity index (χ3n) is 3.33. The zero-order valence-electron chi connectivity index (χ0n) is 8.46. The van der Waals surface area contributed by atoms with Gasteiger partial charge in [0.15, 0.2) is 0 Å². The SMILES string of the molecule is CO[C@H]1CCN(C2CCNCC2)C1. The third kappa shape index (κ3) is 2.22. The summed E-state index contributed by atoms with van der Waals surface area (Å²) in [6.07, 6.45) is 4.35. The summed E-state index contributed by atoms with van der Waals surface area (Å²) in [5.74, 6) is 0. The molecule has 0 aromatic rings. The first kappa shape index (κ1) is 9.44. The van der Waals surface area contributed by atoms with Crippen molar-refractivity contribution in [2.45, 2.75) is 31.4 Å². The Kier molecular flexibility index (Phi) is 3.19. The van der Waals surface area contributed by atoms with Gasteiger partial charge in [-0.1, -0.05) is 0 Å². The molecule has 13 heavy (non-hydrogen) atoms. The van der Waals surface area contributed by atoms with E-state index in [1.165, 1.54) is 38.9 Å². The van der Waals surface area contributed by atoms with Gasteiger partial charge < -0.3 is 10.1 Å². The van der Waals surface area contributed by atoms with Crippen LogP contribution in [0.2, 0.25) is 0 Å². The predicted octanol–water partition coefficient (Wildman–Crippen LogP) is 0.459. The lowest BCUT2D eigenvalue weighted by molar-refractivity contribution is 0.0965. The van der Waals surface area contributed by atoms with E-state index in [4.69, 9.17) is 4.74 Å². The highest BCUT2D eigenvalue weighted by atomic mass is 16.5. The summed E-state index contributed by atoms with van der Waals surface area (Å²) in [6, 6.07) is 0.821. The molecular formula is C10H20N2O. The first-order valence-corrected chi connectivity index (χ1v) is 5.37. The summed E-state index contributed by atoms with van der Waals surface area (Å²) in [6.45, 7) is 4.78. The average Bonchev–Trinajstić information content (AvgIpc) is 2.67. The maximum atomic E-state index is 5.37. The van der Waals surface area contributed by atoms with Gasteiger partial charge in [0, 0.05) is 26.2 Å². The quantitative estimate of drug-likeness (QED) is 0.675. The van der Waals surface area contributed by atoms with Crippen LogP contribution in [0.3, 0.4) is 0 Å². The predicted molar refractivity (Wildman–Crippen MR) is 52.9 cm³/mol. The lowest BCUT2D eigenvalue weighted by Crippen LogP contribution is -2.42. The van der Waals surface area contributed by atoms with Crippen LogP contribution in [-0.4, -0.2) is 50.3 Å². The number of hydrogen-bond donors (Lipinski definition) is 1. The van der Waals surface area contributed by atoms with Crippen molar-refractivity contribution in [2.75, 3.05) is 33.3 Å². The van der Waals surface area contributed by atoms with Crippen molar-refractivity contribution in [2.24, 2.45) is 0 Å². The summed E-state index contributed by atoms with van der Waals surface area (Å²) in [5, 5.41) is 3.41. The molecule has 0 spiro atoms. The van der Waals surface area contributed by atoms with Gasteiger partial charge in [-0.25, -0.2) is 0 Å². The van der Waals surface area contributed by atoms with E-state index >= 15 is 0 Å². The highest BCUT2D eigenvalue weighted by molar-refractivity contribution is 4.84. The molecule has 2 fully saturated rings. The smallest absolute Gasteiger partial charge is 0.0710 e. The van der Waals surface area contributed by atoms with Gasteiger partial charge in [-0.05, 0) is 32.4 Å². The molecule has 0 amide bonds. The lowest BCUT2D eigenvalue weighted by Gasteiger charge is -2.31. The molecule has 3 nitrogen and oxygen atoms in total. The number of hydrogen-bond acceptors (Lipinski definition) is 3. The largest absolute Gasteiger partial charge is 0.380 e. The van der Waals surface area contributed by atoms with E-state index in [9.17, 15) is 0 Å². The number of rotatable bonds is 2. The van der Waals surface area contributed by atoms with E-state index in [-0.39, 0.29) is 0 Å². The van der Waals surface area contributed by atoms with Crippen LogP contribution in [0.25, 0.3) is 0 Å². The Balaban J connectivity index is 1.80. The zero-order chi connectivity index (χ0) is 9.10. The van der Waals surface area contributed by atoms with Crippen molar-refractivity contribution in [3.63, 3.8) is 0 Å². The molecule has 0 aliphatic carbocycles. The third-order valence-corrected chi connectivity index (χ3v) is 3.33. The Morgan fingerprint density at radius 1 is 1.23 bits per heavy atom. The fourth-order valence-electron chi connectivity index (χ4n) is 2.45. The molecule has 0 radical (unpaired) electrons. The molecule has 1 atom stereocenters. The van der Waals surface area contributed by atoms with Crippen molar-refractivity contribution in [3.8, 4) is 0 Å². The van der Waals surface area contributed by atoms with Gasteiger partial charge in [0.05, 0.1) is 6.10 Å². The Morgan fingerprint density at radius 2 is 2.00 bits per heavy atom. The topological polar surface area (TPSA) is 24.5 Å². The average molecular weight is 184 g/mol. The summed E-state index contributed by atoms with van der Waals surface area (Å²) in [7, 11) is 1.83. The van der Waals surface area contributed by atoms with Crippen molar-refractivity contribution < 1.29 is 4.74 Å². The molecule has 2 saturated heterocycles. The molecule has 0 saturated carbocycles. The van der Waals surface area contributed by atoms with Crippen LogP contribution in [0.1, 0.15) is 19.3 Å². The number of methoxy groups -OCH3 is 1. The van der Waals surface area contributed by atoms with E-state index in [1.807, 2.05) is 7.11 Å². The number of likely N-dealkylation sites (tertiary alicyclic amines) is 1. The van der Waals surface area contributed by atoms with Crippen LogP contribution in [0, 0.1) is 0 Å². The van der Waals surface area contributed by atoms with Crippen molar-refractivity contribution in [1.82, 2.24) is 10.2 Å². The zero-order valence-corrected chi connectivity index (χ0v) is 8.46. The lowest BCUT2D eigenvalue weighted by atomic mass is 10.1. The van der Waals surface area contributed by atoms with Crippen LogP contribution in [-0.2, 0) is 4.74 Å². The monoisotopic (exact) mass is 184 g/mol. The molecule has 2 heterocycles. The summed E-state index contributed by atoms with van der Waals surface area (Å²) in [5.41, 5.74) is 0. The fraction of sp³-hybridized carbons (Fsp3) is 1.00. The van der Waals surface area contributed by atoms with Crippen LogP contribution in [0.5, 0.6) is 0 Å². The van der Waals surface area contributed by atoms with Gasteiger partial charge in [0.1, 0.15) is 0 Å². The van der Waals surface area contributed by atoms with Gasteiger partial charge >= 0.3 is 0 Å². The minimum Gasteiger partial charge on any atom is -0.380 e. The van der Waals surface area contributed by atoms with E-state index in [0.29, 0.717) is 6.10 Å². The molecule has 2 aliphatic rings. The second-order valence-electron chi connectivity index (χ2n) is 4.12. The fourth-order valence-corrected chi connectivity index (χ4v) is 2.45. The van der Waals surface area contributed by atoms with E-state index in [2.05, 4.69) is 10.2 Å². The Bertz CT molecular complexity index is 157. The molecule has 3 heteroatoms. The van der Waals surface area contributed by atoms with Crippen molar-refractivity contribution in [1.29, 1.82) is 0 Å².